The second-order valence-corrected chi connectivity index (χ2v) is 8.27. The highest BCUT2D eigenvalue weighted by atomic mass is 16.6. The molecule has 0 radical (unpaired) electrons. The summed E-state index contributed by atoms with van der Waals surface area (Å²) in [7, 11) is 1.64. The van der Waals surface area contributed by atoms with Crippen LogP contribution in [0.3, 0.4) is 0 Å². The van der Waals surface area contributed by atoms with Gasteiger partial charge in [-0.3, -0.25) is 10.1 Å². The van der Waals surface area contributed by atoms with Gasteiger partial charge in [0.1, 0.15) is 6.33 Å². The Labute approximate surface area is 153 Å². The SMILES string of the molecule is COCCCNc1ncnc(NC23CC4CC(CC(C4)C2)C3)c1[N+](=O)[O-]. The van der Waals surface area contributed by atoms with Gasteiger partial charge in [-0.05, 0) is 62.7 Å². The van der Waals surface area contributed by atoms with Gasteiger partial charge in [-0.1, -0.05) is 0 Å². The summed E-state index contributed by atoms with van der Waals surface area (Å²) in [6.07, 6.45) is 9.49. The van der Waals surface area contributed by atoms with Crippen LogP contribution in [0.2, 0.25) is 0 Å². The minimum Gasteiger partial charge on any atom is -0.385 e. The topological polar surface area (TPSA) is 102 Å². The van der Waals surface area contributed by atoms with Gasteiger partial charge in [0.05, 0.1) is 4.92 Å². The molecular weight excluding hydrogens is 334 g/mol. The lowest BCUT2D eigenvalue weighted by Crippen LogP contribution is -2.55. The number of nitrogens with one attached hydrogen (secondary N) is 2. The lowest BCUT2D eigenvalue weighted by Gasteiger charge is -2.57. The number of nitro groups is 1. The Morgan fingerprint density at radius 3 is 2.38 bits per heavy atom. The Bertz CT molecular complexity index is 646. The number of methoxy groups -OCH3 is 1. The summed E-state index contributed by atoms with van der Waals surface area (Å²) >= 11 is 0. The number of anilines is 2. The first-order valence-corrected chi connectivity index (χ1v) is 9.59. The molecule has 4 aliphatic rings. The number of hydrogen-bond donors (Lipinski definition) is 2. The van der Waals surface area contributed by atoms with Crippen molar-refractivity contribution >= 4 is 17.3 Å². The van der Waals surface area contributed by atoms with Gasteiger partial charge in [0, 0.05) is 25.8 Å². The molecule has 0 atom stereocenters. The van der Waals surface area contributed by atoms with Crippen LogP contribution in [0.15, 0.2) is 6.33 Å². The predicted octanol–water partition coefficient (Wildman–Crippen LogP) is 3.21. The number of ether oxygens (including phenoxy) is 1. The van der Waals surface area contributed by atoms with E-state index in [2.05, 4.69) is 20.6 Å². The van der Waals surface area contributed by atoms with Gasteiger partial charge >= 0.3 is 5.69 Å². The van der Waals surface area contributed by atoms with Gasteiger partial charge in [-0.25, -0.2) is 9.97 Å². The van der Waals surface area contributed by atoms with E-state index in [1.54, 1.807) is 7.11 Å². The van der Waals surface area contributed by atoms with E-state index < -0.39 is 0 Å². The molecule has 4 saturated carbocycles. The molecule has 0 aliphatic heterocycles. The maximum absolute atomic E-state index is 11.7. The first-order chi connectivity index (χ1) is 12.6. The molecule has 0 amide bonds. The second kappa shape index (κ2) is 6.98. The third kappa shape index (κ3) is 3.34. The Kier molecular flexibility index (Phi) is 4.69. The zero-order valence-corrected chi connectivity index (χ0v) is 15.2. The fourth-order valence-electron chi connectivity index (χ4n) is 5.71. The molecule has 5 rings (SSSR count). The molecule has 1 aromatic heterocycles. The van der Waals surface area contributed by atoms with E-state index in [0.29, 0.717) is 19.0 Å². The number of rotatable bonds is 8. The van der Waals surface area contributed by atoms with Crippen LogP contribution in [0.4, 0.5) is 17.3 Å². The van der Waals surface area contributed by atoms with Crippen molar-refractivity contribution in [3.05, 3.63) is 16.4 Å². The van der Waals surface area contributed by atoms with Crippen LogP contribution < -0.4 is 10.6 Å². The first-order valence-electron chi connectivity index (χ1n) is 9.59. The second-order valence-electron chi connectivity index (χ2n) is 8.27. The summed E-state index contributed by atoms with van der Waals surface area (Å²) in [6.45, 7) is 1.17. The average molecular weight is 361 g/mol. The summed E-state index contributed by atoms with van der Waals surface area (Å²) in [5.41, 5.74) is -0.0677. The Hall–Kier alpha value is -1.96. The molecule has 0 saturated heterocycles. The Balaban J connectivity index is 1.55. The molecule has 1 aromatic rings. The van der Waals surface area contributed by atoms with Gasteiger partial charge in [0.15, 0.2) is 0 Å². The molecular formula is C18H27N5O3. The van der Waals surface area contributed by atoms with E-state index in [0.717, 1.165) is 43.4 Å². The van der Waals surface area contributed by atoms with Crippen molar-refractivity contribution in [2.45, 2.75) is 50.5 Å². The molecule has 26 heavy (non-hydrogen) atoms. The minimum atomic E-state index is -0.374. The van der Waals surface area contributed by atoms with Crippen LogP contribution >= 0.6 is 0 Å². The van der Waals surface area contributed by atoms with Gasteiger partial charge in [-0.15, -0.1) is 0 Å². The standard InChI is InChI=1S/C18H27N5O3/c1-26-4-2-3-19-16-15(23(24)25)17(21-11-20-16)22-18-8-12-5-13(9-18)7-14(6-12)10-18/h11-14H,2-10H2,1H3,(H2,19,20,21,22). The molecule has 4 fully saturated rings. The van der Waals surface area contributed by atoms with Crippen LogP contribution in [0.5, 0.6) is 0 Å². The van der Waals surface area contributed by atoms with E-state index in [4.69, 9.17) is 4.74 Å². The Morgan fingerprint density at radius 1 is 1.19 bits per heavy atom. The van der Waals surface area contributed by atoms with Crippen molar-refractivity contribution < 1.29 is 9.66 Å². The maximum Gasteiger partial charge on any atom is 0.353 e. The monoisotopic (exact) mass is 361 g/mol. The molecule has 0 aromatic carbocycles. The van der Waals surface area contributed by atoms with Crippen LogP contribution in [0.1, 0.15) is 44.9 Å². The maximum atomic E-state index is 11.7. The van der Waals surface area contributed by atoms with Gasteiger partial charge in [-0.2, -0.15) is 0 Å². The predicted molar refractivity (Wildman–Crippen MR) is 98.2 cm³/mol. The Morgan fingerprint density at radius 2 is 1.81 bits per heavy atom. The third-order valence-corrected chi connectivity index (χ3v) is 6.24. The van der Waals surface area contributed by atoms with Gasteiger partial charge in [0.2, 0.25) is 11.6 Å². The van der Waals surface area contributed by atoms with E-state index in [1.165, 1.54) is 25.6 Å². The van der Waals surface area contributed by atoms with Crippen molar-refractivity contribution in [2.24, 2.45) is 17.8 Å². The molecule has 8 nitrogen and oxygen atoms in total. The van der Waals surface area contributed by atoms with Crippen LogP contribution in [-0.2, 0) is 4.74 Å². The quantitative estimate of drug-likeness (QED) is 0.416. The lowest BCUT2D eigenvalue weighted by atomic mass is 9.53. The number of hydrogen-bond acceptors (Lipinski definition) is 7. The van der Waals surface area contributed by atoms with E-state index in [9.17, 15) is 10.1 Å². The highest BCUT2D eigenvalue weighted by Crippen LogP contribution is 2.56. The minimum absolute atomic E-state index is 0.0266. The normalized spacial score (nSPS) is 31.8. The van der Waals surface area contributed by atoms with Crippen molar-refractivity contribution in [3.63, 3.8) is 0 Å². The van der Waals surface area contributed by atoms with Gasteiger partial charge in [0.25, 0.3) is 0 Å². The fraction of sp³-hybridized carbons (Fsp3) is 0.778. The first kappa shape index (κ1) is 17.5. The smallest absolute Gasteiger partial charge is 0.353 e. The van der Waals surface area contributed by atoms with E-state index in [-0.39, 0.29) is 22.0 Å². The number of nitrogens with zero attached hydrogens (tertiary/aromatic N) is 3. The number of aromatic nitrogens is 2. The molecule has 0 unspecified atom stereocenters. The molecule has 0 spiro atoms. The van der Waals surface area contributed by atoms with Crippen LogP contribution in [-0.4, -0.2) is 40.7 Å². The summed E-state index contributed by atoms with van der Waals surface area (Å²) in [4.78, 5) is 19.7. The zero-order valence-electron chi connectivity index (χ0n) is 15.2. The van der Waals surface area contributed by atoms with E-state index in [1.807, 2.05) is 0 Å². The zero-order chi connectivity index (χ0) is 18.1. The van der Waals surface area contributed by atoms with Gasteiger partial charge < -0.3 is 15.4 Å². The van der Waals surface area contributed by atoms with Crippen LogP contribution in [0, 0.1) is 27.9 Å². The van der Waals surface area contributed by atoms with Crippen molar-refractivity contribution in [3.8, 4) is 0 Å². The molecule has 2 N–H and O–H groups in total. The molecule has 4 aliphatic carbocycles. The van der Waals surface area contributed by atoms with Crippen molar-refractivity contribution in [1.29, 1.82) is 0 Å². The summed E-state index contributed by atoms with van der Waals surface area (Å²) in [6, 6.07) is 0. The molecule has 142 valence electrons. The highest BCUT2D eigenvalue weighted by Gasteiger charge is 2.51. The van der Waals surface area contributed by atoms with Crippen molar-refractivity contribution in [2.75, 3.05) is 30.9 Å². The third-order valence-electron chi connectivity index (χ3n) is 6.24. The molecule has 4 bridgehead atoms. The molecule has 1 heterocycles. The largest absolute Gasteiger partial charge is 0.385 e. The van der Waals surface area contributed by atoms with E-state index >= 15 is 0 Å². The summed E-state index contributed by atoms with van der Waals surface area (Å²) in [5.74, 6) is 2.94. The van der Waals surface area contributed by atoms with Crippen molar-refractivity contribution in [1.82, 2.24) is 9.97 Å². The highest BCUT2D eigenvalue weighted by molar-refractivity contribution is 5.70. The van der Waals surface area contributed by atoms with Crippen LogP contribution in [0.25, 0.3) is 0 Å². The average Bonchev–Trinajstić information content (AvgIpc) is 2.57. The summed E-state index contributed by atoms with van der Waals surface area (Å²) in [5, 5.41) is 18.3. The summed E-state index contributed by atoms with van der Waals surface area (Å²) < 4.78 is 5.02. The lowest BCUT2D eigenvalue weighted by molar-refractivity contribution is -0.383. The fourth-order valence-corrected chi connectivity index (χ4v) is 5.71. The molecule has 8 heteroatoms.